The summed E-state index contributed by atoms with van der Waals surface area (Å²) in [6.07, 6.45) is 1.91. The van der Waals surface area contributed by atoms with E-state index < -0.39 is 0 Å². The third-order valence-corrected chi connectivity index (χ3v) is 5.83. The van der Waals surface area contributed by atoms with Crippen LogP contribution in [0.3, 0.4) is 0 Å². The van der Waals surface area contributed by atoms with E-state index in [0.29, 0.717) is 18.1 Å². The number of rotatable bonds is 3. The lowest BCUT2D eigenvalue weighted by atomic mass is 9.77. The molecule has 1 saturated heterocycles. The lowest BCUT2D eigenvalue weighted by Crippen LogP contribution is -2.36. The molecular formula is C20H21BrFNO3. The molecular weight excluding hydrogens is 401 g/mol. The number of halogens is 2. The Kier molecular flexibility index (Phi) is 4.80. The van der Waals surface area contributed by atoms with Crippen LogP contribution in [0.1, 0.15) is 36.1 Å². The third kappa shape index (κ3) is 2.95. The summed E-state index contributed by atoms with van der Waals surface area (Å²) in [5, 5.41) is 3.59. The van der Waals surface area contributed by atoms with Crippen molar-refractivity contribution in [3.63, 3.8) is 0 Å². The minimum absolute atomic E-state index is 0.0503. The Hall–Kier alpha value is -1.79. The fourth-order valence-corrected chi connectivity index (χ4v) is 4.71. The molecule has 2 aliphatic heterocycles. The van der Waals surface area contributed by atoms with Gasteiger partial charge in [-0.25, -0.2) is 4.39 Å². The Morgan fingerprint density at radius 3 is 2.81 bits per heavy atom. The van der Waals surface area contributed by atoms with Crippen molar-refractivity contribution in [3.05, 3.63) is 51.7 Å². The van der Waals surface area contributed by atoms with Gasteiger partial charge in [-0.3, -0.25) is 0 Å². The molecule has 26 heavy (non-hydrogen) atoms. The van der Waals surface area contributed by atoms with Gasteiger partial charge in [-0.05, 0) is 64.7 Å². The van der Waals surface area contributed by atoms with Gasteiger partial charge in [0, 0.05) is 23.8 Å². The van der Waals surface area contributed by atoms with Crippen LogP contribution in [0, 0.1) is 11.7 Å². The van der Waals surface area contributed by atoms with Crippen LogP contribution in [0.5, 0.6) is 11.5 Å². The number of benzene rings is 2. The summed E-state index contributed by atoms with van der Waals surface area (Å²) in [7, 11) is 3.25. The molecule has 3 atom stereocenters. The number of hydrogen-bond acceptors (Lipinski definition) is 4. The van der Waals surface area contributed by atoms with E-state index in [1.54, 1.807) is 26.4 Å². The van der Waals surface area contributed by atoms with Gasteiger partial charge < -0.3 is 19.5 Å². The summed E-state index contributed by atoms with van der Waals surface area (Å²) in [5.74, 6) is 1.34. The van der Waals surface area contributed by atoms with Crippen LogP contribution >= 0.6 is 15.9 Å². The zero-order valence-corrected chi connectivity index (χ0v) is 16.3. The molecule has 2 aliphatic rings. The second-order valence-corrected chi connectivity index (χ2v) is 7.54. The maximum atomic E-state index is 13.8. The first-order chi connectivity index (χ1) is 12.6. The van der Waals surface area contributed by atoms with Gasteiger partial charge >= 0.3 is 0 Å². The topological polar surface area (TPSA) is 39.7 Å². The van der Waals surface area contributed by atoms with Crippen LogP contribution in [0.25, 0.3) is 0 Å². The molecule has 1 fully saturated rings. The highest BCUT2D eigenvalue weighted by molar-refractivity contribution is 9.10. The molecule has 2 heterocycles. The molecule has 0 aromatic heterocycles. The lowest BCUT2D eigenvalue weighted by molar-refractivity contribution is -0.0383. The molecule has 0 bridgehead atoms. The van der Waals surface area contributed by atoms with Crippen LogP contribution in [0.4, 0.5) is 10.1 Å². The monoisotopic (exact) mass is 421 g/mol. The van der Waals surface area contributed by atoms with Gasteiger partial charge in [0.1, 0.15) is 5.82 Å². The van der Waals surface area contributed by atoms with Crippen LogP contribution in [-0.4, -0.2) is 20.8 Å². The standard InChI is InChI=1S/C20H21BrFNO3/c1-24-17-9-11(8-15(21)20(17)25-2)18-13-4-3-7-26-19(13)14-10-12(22)5-6-16(14)23-18/h5-6,8-10,13,18-19,23H,3-4,7H2,1-2H3/t13-,18?,19-/m0/s1. The summed E-state index contributed by atoms with van der Waals surface area (Å²) < 4.78 is 31.6. The largest absolute Gasteiger partial charge is 0.493 e. The van der Waals surface area contributed by atoms with Crippen molar-refractivity contribution in [1.82, 2.24) is 0 Å². The minimum atomic E-state index is -0.231. The van der Waals surface area contributed by atoms with Gasteiger partial charge in [-0.2, -0.15) is 0 Å². The average Bonchev–Trinajstić information content (AvgIpc) is 2.66. The Balaban J connectivity index is 1.79. The molecule has 1 N–H and O–H groups in total. The zero-order valence-electron chi connectivity index (χ0n) is 14.7. The Labute approximate surface area is 160 Å². The molecule has 0 spiro atoms. The summed E-state index contributed by atoms with van der Waals surface area (Å²) in [6.45, 7) is 0.708. The van der Waals surface area contributed by atoms with Crippen LogP contribution in [-0.2, 0) is 4.74 Å². The number of ether oxygens (including phenoxy) is 3. The van der Waals surface area contributed by atoms with E-state index in [-0.39, 0.29) is 23.9 Å². The van der Waals surface area contributed by atoms with Crippen molar-refractivity contribution < 1.29 is 18.6 Å². The smallest absolute Gasteiger partial charge is 0.174 e. The van der Waals surface area contributed by atoms with E-state index in [1.165, 1.54) is 6.07 Å². The van der Waals surface area contributed by atoms with E-state index in [9.17, 15) is 4.39 Å². The maximum Gasteiger partial charge on any atom is 0.174 e. The van der Waals surface area contributed by atoms with Crippen molar-refractivity contribution in [3.8, 4) is 11.5 Å². The summed E-state index contributed by atoms with van der Waals surface area (Å²) in [4.78, 5) is 0. The molecule has 4 rings (SSSR count). The van der Waals surface area contributed by atoms with Crippen molar-refractivity contribution in [1.29, 1.82) is 0 Å². The van der Waals surface area contributed by atoms with Gasteiger partial charge in [-0.1, -0.05) is 0 Å². The fourth-order valence-electron chi connectivity index (χ4n) is 4.09. The Morgan fingerprint density at radius 1 is 1.19 bits per heavy atom. The summed E-state index contributed by atoms with van der Waals surface area (Å²) >= 11 is 3.58. The fraction of sp³-hybridized carbons (Fsp3) is 0.400. The van der Waals surface area contributed by atoms with Crippen molar-refractivity contribution in [2.24, 2.45) is 5.92 Å². The van der Waals surface area contributed by atoms with Gasteiger partial charge in [0.2, 0.25) is 0 Å². The van der Waals surface area contributed by atoms with E-state index in [0.717, 1.165) is 34.1 Å². The van der Waals surface area contributed by atoms with Crippen molar-refractivity contribution in [2.45, 2.75) is 25.0 Å². The number of nitrogens with one attached hydrogen (secondary N) is 1. The first kappa shape index (κ1) is 17.6. The van der Waals surface area contributed by atoms with Gasteiger partial charge in [0.25, 0.3) is 0 Å². The molecule has 0 aliphatic carbocycles. The maximum absolute atomic E-state index is 13.8. The van der Waals surface area contributed by atoms with Crippen LogP contribution < -0.4 is 14.8 Å². The molecule has 138 valence electrons. The quantitative estimate of drug-likeness (QED) is 0.735. The van der Waals surface area contributed by atoms with Crippen molar-refractivity contribution >= 4 is 21.6 Å². The van der Waals surface area contributed by atoms with Crippen LogP contribution in [0.15, 0.2) is 34.8 Å². The summed E-state index contributed by atoms with van der Waals surface area (Å²) in [6, 6.07) is 8.97. The molecule has 0 saturated carbocycles. The average molecular weight is 422 g/mol. The van der Waals surface area contributed by atoms with Gasteiger partial charge in [0.05, 0.1) is 30.8 Å². The van der Waals surface area contributed by atoms with E-state index in [1.807, 2.05) is 6.07 Å². The van der Waals surface area contributed by atoms with Crippen molar-refractivity contribution in [2.75, 3.05) is 26.1 Å². The third-order valence-electron chi connectivity index (χ3n) is 5.24. The van der Waals surface area contributed by atoms with E-state index >= 15 is 0 Å². The van der Waals surface area contributed by atoms with Gasteiger partial charge in [0.15, 0.2) is 11.5 Å². The SMILES string of the molecule is COc1cc(C2Nc3ccc(F)cc3[C@H]3OCCC[C@@H]23)cc(Br)c1OC. The molecule has 0 radical (unpaired) electrons. The molecule has 2 aromatic rings. The summed E-state index contributed by atoms with van der Waals surface area (Å²) in [5.41, 5.74) is 2.92. The predicted octanol–water partition coefficient (Wildman–Crippen LogP) is 5.24. The second-order valence-electron chi connectivity index (χ2n) is 6.69. The van der Waals surface area contributed by atoms with Crippen LogP contribution in [0.2, 0.25) is 0 Å². The highest BCUT2D eigenvalue weighted by atomic mass is 79.9. The Bertz CT molecular complexity index is 829. The predicted molar refractivity (Wildman–Crippen MR) is 101 cm³/mol. The normalized spacial score (nSPS) is 24.2. The molecule has 0 amide bonds. The van der Waals surface area contributed by atoms with Gasteiger partial charge in [-0.15, -0.1) is 0 Å². The minimum Gasteiger partial charge on any atom is -0.493 e. The highest BCUT2D eigenvalue weighted by Gasteiger charge is 2.40. The molecule has 4 nitrogen and oxygen atoms in total. The number of anilines is 1. The molecule has 2 aromatic carbocycles. The van der Waals surface area contributed by atoms with E-state index in [2.05, 4.69) is 27.3 Å². The second kappa shape index (κ2) is 7.08. The first-order valence-corrected chi connectivity index (χ1v) is 9.50. The number of hydrogen-bond donors (Lipinski definition) is 1. The van der Waals surface area contributed by atoms with E-state index in [4.69, 9.17) is 14.2 Å². The molecule has 6 heteroatoms. The number of methoxy groups -OCH3 is 2. The number of fused-ring (bicyclic) bond motifs is 3. The highest BCUT2D eigenvalue weighted by Crippen LogP contribution is 2.50. The first-order valence-electron chi connectivity index (χ1n) is 8.71. The molecule has 1 unspecified atom stereocenters. The zero-order chi connectivity index (χ0) is 18.3. The Morgan fingerprint density at radius 2 is 2.04 bits per heavy atom. The lowest BCUT2D eigenvalue weighted by Gasteiger charge is -2.43.